The van der Waals surface area contributed by atoms with Crippen molar-refractivity contribution in [2.24, 2.45) is 0 Å². The van der Waals surface area contributed by atoms with E-state index in [4.69, 9.17) is 4.74 Å². The molecule has 1 saturated carbocycles. The summed E-state index contributed by atoms with van der Waals surface area (Å²) < 4.78 is 5.47. The van der Waals surface area contributed by atoms with Crippen LogP contribution in [0.2, 0.25) is 0 Å². The van der Waals surface area contributed by atoms with Gasteiger partial charge in [0, 0.05) is 30.8 Å². The van der Waals surface area contributed by atoms with E-state index in [1.165, 1.54) is 0 Å². The summed E-state index contributed by atoms with van der Waals surface area (Å²) >= 11 is 0. The van der Waals surface area contributed by atoms with Gasteiger partial charge in [0.2, 0.25) is 0 Å². The van der Waals surface area contributed by atoms with Gasteiger partial charge in [-0.1, -0.05) is 0 Å². The van der Waals surface area contributed by atoms with Crippen LogP contribution in [0.5, 0.6) is 0 Å². The number of nitrogens with one attached hydrogen (secondary N) is 1. The van der Waals surface area contributed by atoms with Crippen molar-refractivity contribution >= 4 is 5.78 Å². The molecule has 3 heteroatoms. The van der Waals surface area contributed by atoms with Gasteiger partial charge >= 0.3 is 0 Å². The summed E-state index contributed by atoms with van der Waals surface area (Å²) in [5.74, 6) is 0.258. The van der Waals surface area contributed by atoms with Gasteiger partial charge in [-0.05, 0) is 26.2 Å². The highest BCUT2D eigenvalue weighted by Crippen LogP contribution is 2.25. The molecule has 0 radical (unpaired) electrons. The molecule has 0 heterocycles. The molecule has 78 valence electrons. The Balaban J connectivity index is 1.69. The SMILES string of the molecule is CCOC1CC(NC2=CC(=O)CC2)C1. The van der Waals surface area contributed by atoms with Crippen molar-refractivity contribution in [2.45, 2.75) is 44.8 Å². The molecule has 0 aromatic rings. The van der Waals surface area contributed by atoms with Crippen LogP contribution in [0.3, 0.4) is 0 Å². The Bertz CT molecular complexity index is 254. The van der Waals surface area contributed by atoms with Crippen LogP contribution in [-0.4, -0.2) is 24.5 Å². The third-order valence-corrected chi connectivity index (χ3v) is 2.86. The third kappa shape index (κ3) is 2.15. The Morgan fingerprint density at radius 2 is 2.29 bits per heavy atom. The second-order valence-electron chi connectivity index (χ2n) is 4.03. The predicted molar refractivity (Wildman–Crippen MR) is 53.9 cm³/mol. The Morgan fingerprint density at radius 1 is 1.50 bits per heavy atom. The molecule has 14 heavy (non-hydrogen) atoms. The van der Waals surface area contributed by atoms with Gasteiger partial charge < -0.3 is 10.1 Å². The van der Waals surface area contributed by atoms with Crippen LogP contribution in [0.25, 0.3) is 0 Å². The molecule has 2 aliphatic rings. The fourth-order valence-electron chi connectivity index (χ4n) is 2.03. The molecule has 0 spiro atoms. The number of ether oxygens (including phenoxy) is 1. The van der Waals surface area contributed by atoms with Gasteiger partial charge in [0.25, 0.3) is 0 Å². The first-order valence-corrected chi connectivity index (χ1v) is 5.39. The van der Waals surface area contributed by atoms with E-state index in [-0.39, 0.29) is 5.78 Å². The molecule has 0 unspecified atom stereocenters. The Labute approximate surface area is 84.5 Å². The number of carbonyl (C=O) groups is 1. The molecule has 0 bridgehead atoms. The van der Waals surface area contributed by atoms with Gasteiger partial charge in [0.15, 0.2) is 5.78 Å². The van der Waals surface area contributed by atoms with Gasteiger partial charge in [-0.15, -0.1) is 0 Å². The highest BCUT2D eigenvalue weighted by Gasteiger charge is 2.30. The zero-order valence-corrected chi connectivity index (χ0v) is 8.58. The molecule has 0 atom stereocenters. The van der Waals surface area contributed by atoms with Crippen molar-refractivity contribution in [1.29, 1.82) is 0 Å². The Morgan fingerprint density at radius 3 is 2.86 bits per heavy atom. The zero-order chi connectivity index (χ0) is 9.97. The Hall–Kier alpha value is -0.830. The summed E-state index contributed by atoms with van der Waals surface area (Å²) in [5, 5.41) is 3.39. The largest absolute Gasteiger partial charge is 0.385 e. The first-order valence-electron chi connectivity index (χ1n) is 5.39. The maximum Gasteiger partial charge on any atom is 0.157 e. The minimum Gasteiger partial charge on any atom is -0.385 e. The van der Waals surface area contributed by atoms with Crippen LogP contribution in [0.4, 0.5) is 0 Å². The van der Waals surface area contributed by atoms with Gasteiger partial charge in [-0.25, -0.2) is 0 Å². The van der Waals surface area contributed by atoms with E-state index < -0.39 is 0 Å². The standard InChI is InChI=1S/C11H17NO2/c1-2-14-11-6-9(7-11)12-8-3-4-10(13)5-8/h5,9,11-12H,2-4,6-7H2,1H3. The first-order chi connectivity index (χ1) is 6.78. The number of hydrogen-bond acceptors (Lipinski definition) is 3. The maximum atomic E-state index is 11.0. The number of hydrogen-bond donors (Lipinski definition) is 1. The molecule has 0 aromatic heterocycles. The molecule has 0 saturated heterocycles. The monoisotopic (exact) mass is 195 g/mol. The van der Waals surface area contributed by atoms with Crippen molar-refractivity contribution in [1.82, 2.24) is 5.32 Å². The maximum absolute atomic E-state index is 11.0. The molecule has 1 fully saturated rings. The van der Waals surface area contributed by atoms with Crippen LogP contribution >= 0.6 is 0 Å². The molecule has 3 nitrogen and oxygen atoms in total. The summed E-state index contributed by atoms with van der Waals surface area (Å²) in [5.41, 5.74) is 1.12. The van der Waals surface area contributed by atoms with Gasteiger partial charge in [-0.3, -0.25) is 4.79 Å². The molecular formula is C11H17NO2. The minimum absolute atomic E-state index is 0.258. The molecule has 2 aliphatic carbocycles. The predicted octanol–water partition coefficient (Wildman–Crippen LogP) is 1.39. The number of rotatable bonds is 4. The molecule has 0 amide bonds. The summed E-state index contributed by atoms with van der Waals surface area (Å²) in [6.07, 6.45) is 5.93. The lowest BCUT2D eigenvalue weighted by Crippen LogP contribution is -2.44. The van der Waals surface area contributed by atoms with Crippen molar-refractivity contribution < 1.29 is 9.53 Å². The van der Waals surface area contributed by atoms with Crippen molar-refractivity contribution in [3.63, 3.8) is 0 Å². The summed E-state index contributed by atoms with van der Waals surface area (Å²) in [6, 6.07) is 0.531. The summed E-state index contributed by atoms with van der Waals surface area (Å²) in [6.45, 7) is 2.83. The second-order valence-corrected chi connectivity index (χ2v) is 4.03. The van der Waals surface area contributed by atoms with Crippen molar-refractivity contribution in [2.75, 3.05) is 6.61 Å². The van der Waals surface area contributed by atoms with E-state index in [2.05, 4.69) is 5.32 Å². The highest BCUT2D eigenvalue weighted by atomic mass is 16.5. The lowest BCUT2D eigenvalue weighted by atomic mass is 9.89. The second kappa shape index (κ2) is 4.13. The lowest BCUT2D eigenvalue weighted by molar-refractivity contribution is -0.114. The van der Waals surface area contributed by atoms with Crippen molar-refractivity contribution in [3.8, 4) is 0 Å². The molecular weight excluding hydrogens is 178 g/mol. The van der Waals surface area contributed by atoms with E-state index in [0.29, 0.717) is 18.6 Å². The average molecular weight is 195 g/mol. The smallest absolute Gasteiger partial charge is 0.157 e. The molecule has 0 aliphatic heterocycles. The van der Waals surface area contributed by atoms with Gasteiger partial charge in [0.1, 0.15) is 0 Å². The van der Waals surface area contributed by atoms with Crippen LogP contribution in [0, 0.1) is 0 Å². The third-order valence-electron chi connectivity index (χ3n) is 2.86. The summed E-state index contributed by atoms with van der Waals surface area (Å²) in [4.78, 5) is 11.0. The number of carbonyl (C=O) groups excluding carboxylic acids is 1. The van der Waals surface area contributed by atoms with E-state index in [1.807, 2.05) is 6.92 Å². The van der Waals surface area contributed by atoms with Gasteiger partial charge in [0.05, 0.1) is 6.10 Å². The van der Waals surface area contributed by atoms with Crippen LogP contribution in [0.15, 0.2) is 11.8 Å². The van der Waals surface area contributed by atoms with E-state index in [0.717, 1.165) is 31.6 Å². The van der Waals surface area contributed by atoms with Crippen LogP contribution in [-0.2, 0) is 9.53 Å². The fourth-order valence-corrected chi connectivity index (χ4v) is 2.03. The lowest BCUT2D eigenvalue weighted by Gasteiger charge is -2.36. The van der Waals surface area contributed by atoms with Crippen LogP contribution in [0.1, 0.15) is 32.6 Å². The highest BCUT2D eigenvalue weighted by molar-refractivity contribution is 5.92. The first kappa shape index (κ1) is 9.71. The minimum atomic E-state index is 0.258. The molecule has 0 aromatic carbocycles. The number of allylic oxidation sites excluding steroid dienone is 2. The quantitative estimate of drug-likeness (QED) is 0.736. The van der Waals surface area contributed by atoms with E-state index >= 15 is 0 Å². The molecule has 2 rings (SSSR count). The van der Waals surface area contributed by atoms with E-state index in [9.17, 15) is 4.79 Å². The van der Waals surface area contributed by atoms with E-state index in [1.54, 1.807) is 6.08 Å². The van der Waals surface area contributed by atoms with Crippen molar-refractivity contribution in [3.05, 3.63) is 11.8 Å². The molecule has 1 N–H and O–H groups in total. The van der Waals surface area contributed by atoms with Gasteiger partial charge in [-0.2, -0.15) is 0 Å². The topological polar surface area (TPSA) is 38.3 Å². The average Bonchev–Trinajstić information content (AvgIpc) is 2.48. The van der Waals surface area contributed by atoms with Crippen LogP contribution < -0.4 is 5.32 Å². The normalized spacial score (nSPS) is 31.2. The summed E-state index contributed by atoms with van der Waals surface area (Å²) in [7, 11) is 0. The Kier molecular flexibility index (Phi) is 2.87. The number of ketones is 1. The fraction of sp³-hybridized carbons (Fsp3) is 0.727. The zero-order valence-electron chi connectivity index (χ0n) is 8.58.